The molecule has 0 saturated carbocycles. The van der Waals surface area contributed by atoms with Crippen LogP contribution in [0.15, 0.2) is 48.7 Å². The minimum absolute atomic E-state index is 0.161. The minimum Gasteiger partial charge on any atom is -0.351 e. The number of aromatic nitrogens is 1. The minimum atomic E-state index is -0.161. The Morgan fingerprint density at radius 1 is 1.12 bits per heavy atom. The molecule has 1 aromatic heterocycles. The number of carbonyl (C=O) groups excluding carboxylic acids is 1. The molecular formula is C12H10N2OS. The smallest absolute Gasteiger partial charge is 0.255 e. The van der Waals surface area contributed by atoms with Crippen LogP contribution >= 0.6 is 12.2 Å². The first-order chi connectivity index (χ1) is 7.77. The van der Waals surface area contributed by atoms with E-state index in [-0.39, 0.29) is 5.91 Å². The van der Waals surface area contributed by atoms with Crippen LogP contribution in [0.1, 0.15) is 10.4 Å². The van der Waals surface area contributed by atoms with E-state index in [0.29, 0.717) is 15.9 Å². The number of hydrogen-bond acceptors (Lipinski definition) is 2. The lowest BCUT2D eigenvalue weighted by Crippen LogP contribution is -2.12. The summed E-state index contributed by atoms with van der Waals surface area (Å²) in [5.74, 6) is -0.161. The van der Waals surface area contributed by atoms with Gasteiger partial charge in [0.05, 0.1) is 5.69 Å². The van der Waals surface area contributed by atoms with E-state index in [1.807, 2.05) is 18.2 Å². The highest BCUT2D eigenvalue weighted by atomic mass is 32.1. The Hall–Kier alpha value is -1.94. The molecule has 0 atom stereocenters. The maximum Gasteiger partial charge on any atom is 0.255 e. The van der Waals surface area contributed by atoms with Crippen LogP contribution in [0.25, 0.3) is 0 Å². The molecule has 0 fully saturated rings. The number of rotatable bonds is 2. The van der Waals surface area contributed by atoms with Crippen molar-refractivity contribution >= 4 is 23.8 Å². The molecule has 0 saturated heterocycles. The van der Waals surface area contributed by atoms with E-state index in [2.05, 4.69) is 10.3 Å². The van der Waals surface area contributed by atoms with Crippen LogP contribution < -0.4 is 5.32 Å². The monoisotopic (exact) mass is 230 g/mol. The van der Waals surface area contributed by atoms with Crippen LogP contribution in [0.3, 0.4) is 0 Å². The lowest BCUT2D eigenvalue weighted by Gasteiger charge is -2.04. The Kier molecular flexibility index (Phi) is 3.12. The predicted molar refractivity (Wildman–Crippen MR) is 66.0 cm³/mol. The summed E-state index contributed by atoms with van der Waals surface area (Å²) in [7, 11) is 0. The molecule has 2 rings (SSSR count). The van der Waals surface area contributed by atoms with Crippen molar-refractivity contribution in [1.29, 1.82) is 0 Å². The molecule has 0 aliphatic carbocycles. The third-order valence-electron chi connectivity index (χ3n) is 2.10. The number of nitrogens with one attached hydrogen (secondary N) is 2. The summed E-state index contributed by atoms with van der Waals surface area (Å²) in [6.07, 6.45) is 1.72. The Morgan fingerprint density at radius 2 is 1.88 bits per heavy atom. The standard InChI is InChI=1S/C12H10N2OS/c15-11(9-5-2-1-3-6-9)14-10-7-4-8-13-12(10)16/h1-8H,(H,13,16)(H,14,15). The average molecular weight is 230 g/mol. The van der Waals surface area contributed by atoms with Gasteiger partial charge in [0.15, 0.2) is 0 Å². The van der Waals surface area contributed by atoms with Crippen molar-refractivity contribution < 1.29 is 4.79 Å². The molecular weight excluding hydrogens is 220 g/mol. The van der Waals surface area contributed by atoms with Gasteiger partial charge in [0.1, 0.15) is 4.64 Å². The second kappa shape index (κ2) is 4.72. The van der Waals surface area contributed by atoms with E-state index >= 15 is 0 Å². The number of anilines is 1. The van der Waals surface area contributed by atoms with Crippen LogP contribution in [0.5, 0.6) is 0 Å². The summed E-state index contributed by atoms with van der Waals surface area (Å²) in [5.41, 5.74) is 1.23. The van der Waals surface area contributed by atoms with Gasteiger partial charge < -0.3 is 10.3 Å². The van der Waals surface area contributed by atoms with Crippen molar-refractivity contribution in [2.24, 2.45) is 0 Å². The van der Waals surface area contributed by atoms with E-state index in [4.69, 9.17) is 12.2 Å². The van der Waals surface area contributed by atoms with Crippen molar-refractivity contribution in [2.75, 3.05) is 5.32 Å². The van der Waals surface area contributed by atoms with Crippen molar-refractivity contribution in [1.82, 2.24) is 4.98 Å². The van der Waals surface area contributed by atoms with Crippen molar-refractivity contribution in [3.8, 4) is 0 Å². The molecule has 4 heteroatoms. The molecule has 0 aliphatic rings. The first-order valence-electron chi connectivity index (χ1n) is 4.81. The Bertz CT molecular complexity index is 548. The third-order valence-corrected chi connectivity index (χ3v) is 2.44. The molecule has 0 aliphatic heterocycles. The quantitative estimate of drug-likeness (QED) is 0.779. The fourth-order valence-corrected chi connectivity index (χ4v) is 1.49. The van der Waals surface area contributed by atoms with E-state index in [1.54, 1.807) is 30.5 Å². The molecule has 2 aromatic rings. The van der Waals surface area contributed by atoms with Gasteiger partial charge in [0, 0.05) is 11.8 Å². The van der Waals surface area contributed by atoms with Gasteiger partial charge in [-0.15, -0.1) is 0 Å². The second-order valence-electron chi connectivity index (χ2n) is 3.23. The van der Waals surface area contributed by atoms with E-state index in [1.165, 1.54) is 0 Å². The largest absolute Gasteiger partial charge is 0.351 e. The Labute approximate surface area is 98.1 Å². The Morgan fingerprint density at radius 3 is 2.56 bits per heavy atom. The highest BCUT2D eigenvalue weighted by Crippen LogP contribution is 2.09. The van der Waals surface area contributed by atoms with Crippen LogP contribution in [-0.2, 0) is 0 Å². The Balaban J connectivity index is 2.21. The second-order valence-corrected chi connectivity index (χ2v) is 3.64. The van der Waals surface area contributed by atoms with Gasteiger partial charge in [0.2, 0.25) is 0 Å². The van der Waals surface area contributed by atoms with Gasteiger partial charge in [-0.25, -0.2) is 0 Å². The first kappa shape index (κ1) is 10.6. The topological polar surface area (TPSA) is 44.9 Å². The van der Waals surface area contributed by atoms with Gasteiger partial charge in [-0.1, -0.05) is 30.4 Å². The van der Waals surface area contributed by atoms with Crippen molar-refractivity contribution in [2.45, 2.75) is 0 Å². The van der Waals surface area contributed by atoms with Crippen LogP contribution in [0.2, 0.25) is 0 Å². The van der Waals surface area contributed by atoms with Crippen LogP contribution in [0, 0.1) is 4.64 Å². The summed E-state index contributed by atoms with van der Waals surface area (Å²) in [5, 5.41) is 2.75. The number of H-pyrrole nitrogens is 1. The molecule has 0 unspecified atom stereocenters. The number of pyridine rings is 1. The molecule has 0 radical (unpaired) electrons. The fourth-order valence-electron chi connectivity index (χ4n) is 1.30. The third kappa shape index (κ3) is 2.35. The molecule has 2 N–H and O–H groups in total. The summed E-state index contributed by atoms with van der Waals surface area (Å²) < 4.78 is 0.520. The van der Waals surface area contributed by atoms with E-state index < -0.39 is 0 Å². The zero-order chi connectivity index (χ0) is 11.4. The zero-order valence-corrected chi connectivity index (χ0v) is 9.25. The molecule has 1 heterocycles. The van der Waals surface area contributed by atoms with Crippen LogP contribution in [0.4, 0.5) is 5.69 Å². The number of aromatic amines is 1. The molecule has 1 amide bonds. The van der Waals surface area contributed by atoms with Crippen molar-refractivity contribution in [3.05, 3.63) is 58.9 Å². The average Bonchev–Trinajstić information content (AvgIpc) is 2.33. The van der Waals surface area contributed by atoms with Crippen LogP contribution in [-0.4, -0.2) is 10.9 Å². The highest BCUT2D eigenvalue weighted by molar-refractivity contribution is 7.71. The number of hydrogen-bond donors (Lipinski definition) is 2. The molecule has 16 heavy (non-hydrogen) atoms. The normalized spacial score (nSPS) is 9.75. The molecule has 3 nitrogen and oxygen atoms in total. The number of amides is 1. The maximum absolute atomic E-state index is 11.8. The maximum atomic E-state index is 11.8. The fraction of sp³-hybridized carbons (Fsp3) is 0. The van der Waals surface area contributed by atoms with Gasteiger partial charge in [-0.3, -0.25) is 4.79 Å². The first-order valence-corrected chi connectivity index (χ1v) is 5.22. The molecule has 1 aromatic carbocycles. The number of benzene rings is 1. The zero-order valence-electron chi connectivity index (χ0n) is 8.44. The predicted octanol–water partition coefficient (Wildman–Crippen LogP) is 3.00. The summed E-state index contributed by atoms with van der Waals surface area (Å²) in [6.45, 7) is 0. The summed E-state index contributed by atoms with van der Waals surface area (Å²) in [6, 6.07) is 12.6. The molecule has 0 bridgehead atoms. The van der Waals surface area contributed by atoms with Gasteiger partial charge >= 0.3 is 0 Å². The van der Waals surface area contributed by atoms with E-state index in [0.717, 1.165) is 0 Å². The summed E-state index contributed by atoms with van der Waals surface area (Å²) >= 11 is 5.05. The lowest BCUT2D eigenvalue weighted by molar-refractivity contribution is 0.102. The van der Waals surface area contributed by atoms with Gasteiger partial charge in [0.25, 0.3) is 5.91 Å². The number of carbonyl (C=O) groups is 1. The molecule has 80 valence electrons. The lowest BCUT2D eigenvalue weighted by atomic mass is 10.2. The van der Waals surface area contributed by atoms with Gasteiger partial charge in [-0.2, -0.15) is 0 Å². The van der Waals surface area contributed by atoms with E-state index in [9.17, 15) is 4.79 Å². The van der Waals surface area contributed by atoms with Gasteiger partial charge in [-0.05, 0) is 24.3 Å². The molecule has 0 spiro atoms. The highest BCUT2D eigenvalue weighted by Gasteiger charge is 2.05. The SMILES string of the molecule is O=C(Nc1ccc[nH]c1=S)c1ccccc1. The van der Waals surface area contributed by atoms with Crippen molar-refractivity contribution in [3.63, 3.8) is 0 Å². The summed E-state index contributed by atoms with van der Waals surface area (Å²) in [4.78, 5) is 14.7.